The number of rotatable bonds is 8. The Hall–Kier alpha value is -2.77. The maximum atomic E-state index is 13.2. The van der Waals surface area contributed by atoms with Gasteiger partial charge >= 0.3 is 0 Å². The van der Waals surface area contributed by atoms with Gasteiger partial charge < -0.3 is 25.1 Å². The van der Waals surface area contributed by atoms with Crippen molar-refractivity contribution in [1.29, 1.82) is 0 Å². The molecule has 0 aliphatic carbocycles. The second-order valence-corrected chi connectivity index (χ2v) is 10.5. The summed E-state index contributed by atoms with van der Waals surface area (Å²) in [5, 5.41) is 5.19. The van der Waals surface area contributed by atoms with Crippen molar-refractivity contribution in [3.63, 3.8) is 0 Å². The molecule has 0 saturated heterocycles. The first-order chi connectivity index (χ1) is 15.8. The summed E-state index contributed by atoms with van der Waals surface area (Å²) in [4.78, 5) is 14.4. The quantitative estimate of drug-likeness (QED) is 0.460. The molecular formula is C26H33N3O3S. The highest BCUT2D eigenvalue weighted by atomic mass is 32.1. The van der Waals surface area contributed by atoms with Gasteiger partial charge in [0.2, 0.25) is 0 Å². The van der Waals surface area contributed by atoms with E-state index in [2.05, 4.69) is 54.2 Å². The number of carbonyl (C=O) groups is 1. The first-order valence-corrected chi connectivity index (χ1v) is 12.3. The SMILES string of the molecule is COc1cc2c(cc1OCCCN)-c1c(-c3cccs3)cc(C(=O)NCC(C)(C)C)n1CC2. The second-order valence-electron chi connectivity index (χ2n) is 9.57. The highest BCUT2D eigenvalue weighted by Crippen LogP contribution is 2.45. The van der Waals surface area contributed by atoms with Crippen LogP contribution < -0.4 is 20.5 Å². The van der Waals surface area contributed by atoms with Gasteiger partial charge in [0.1, 0.15) is 5.69 Å². The third-order valence-corrected chi connectivity index (χ3v) is 6.65. The standard InChI is InChI=1S/C26H33N3O3S/c1-26(2,3)16-28-25(30)20-14-19(23-7-5-12-33-23)24-18-15-22(32-11-6-9-27)21(31-4)13-17(18)8-10-29(20)24/h5,7,12-15H,6,8-11,16,27H2,1-4H3,(H,28,30). The number of fused-ring (bicyclic) bond motifs is 3. The Kier molecular flexibility index (Phi) is 6.81. The van der Waals surface area contributed by atoms with E-state index < -0.39 is 0 Å². The predicted molar refractivity (Wildman–Crippen MR) is 134 cm³/mol. The monoisotopic (exact) mass is 467 g/mol. The molecule has 4 rings (SSSR count). The summed E-state index contributed by atoms with van der Waals surface area (Å²) in [5.74, 6) is 1.40. The average Bonchev–Trinajstić information content (AvgIpc) is 3.44. The summed E-state index contributed by atoms with van der Waals surface area (Å²) in [6, 6.07) is 10.3. The van der Waals surface area contributed by atoms with Crippen LogP contribution >= 0.6 is 11.3 Å². The van der Waals surface area contributed by atoms with Crippen LogP contribution in [0.2, 0.25) is 0 Å². The Morgan fingerprint density at radius 2 is 2.03 bits per heavy atom. The van der Waals surface area contributed by atoms with Gasteiger partial charge in [-0.1, -0.05) is 26.8 Å². The normalized spacial score (nSPS) is 12.8. The molecule has 0 radical (unpaired) electrons. The van der Waals surface area contributed by atoms with Crippen molar-refractivity contribution < 1.29 is 14.3 Å². The lowest BCUT2D eigenvalue weighted by Crippen LogP contribution is -2.33. The van der Waals surface area contributed by atoms with E-state index >= 15 is 0 Å². The Morgan fingerprint density at radius 3 is 2.70 bits per heavy atom. The van der Waals surface area contributed by atoms with Gasteiger partial charge in [-0.25, -0.2) is 0 Å². The number of thiophene rings is 1. The van der Waals surface area contributed by atoms with Gasteiger partial charge in [-0.05, 0) is 60.0 Å². The van der Waals surface area contributed by atoms with Crippen molar-refractivity contribution in [2.24, 2.45) is 11.1 Å². The van der Waals surface area contributed by atoms with Gasteiger partial charge in [0.25, 0.3) is 5.91 Å². The highest BCUT2D eigenvalue weighted by molar-refractivity contribution is 7.13. The Balaban J connectivity index is 1.81. The lowest BCUT2D eigenvalue weighted by Gasteiger charge is -2.25. The van der Waals surface area contributed by atoms with E-state index in [0.717, 1.165) is 46.8 Å². The van der Waals surface area contributed by atoms with Crippen LogP contribution in [-0.2, 0) is 13.0 Å². The first kappa shape index (κ1) is 23.4. The van der Waals surface area contributed by atoms with E-state index in [-0.39, 0.29) is 11.3 Å². The summed E-state index contributed by atoms with van der Waals surface area (Å²) in [7, 11) is 1.66. The molecule has 0 bridgehead atoms. The molecule has 0 spiro atoms. The Morgan fingerprint density at radius 1 is 1.21 bits per heavy atom. The number of hydrogen-bond donors (Lipinski definition) is 2. The molecule has 1 aliphatic heterocycles. The van der Waals surface area contributed by atoms with Crippen LogP contribution in [0.15, 0.2) is 35.7 Å². The lowest BCUT2D eigenvalue weighted by atomic mass is 9.95. The van der Waals surface area contributed by atoms with Crippen LogP contribution in [0, 0.1) is 5.41 Å². The number of nitrogens with zero attached hydrogens (tertiary/aromatic N) is 1. The number of methoxy groups -OCH3 is 1. The number of carbonyl (C=O) groups excluding carboxylic acids is 1. The minimum absolute atomic E-state index is 0.0164. The van der Waals surface area contributed by atoms with Crippen molar-refractivity contribution in [3.05, 3.63) is 47.0 Å². The van der Waals surface area contributed by atoms with E-state index in [1.165, 1.54) is 5.56 Å². The number of nitrogens with two attached hydrogens (primary N) is 1. The van der Waals surface area contributed by atoms with Crippen molar-refractivity contribution in [2.75, 3.05) is 26.8 Å². The average molecular weight is 468 g/mol. The van der Waals surface area contributed by atoms with Gasteiger partial charge in [-0.15, -0.1) is 11.3 Å². The third kappa shape index (κ3) is 4.94. The smallest absolute Gasteiger partial charge is 0.267 e. The fourth-order valence-corrected chi connectivity index (χ4v) is 4.86. The number of amides is 1. The van der Waals surface area contributed by atoms with E-state index in [0.29, 0.717) is 31.1 Å². The van der Waals surface area contributed by atoms with Crippen LogP contribution in [0.5, 0.6) is 11.5 Å². The molecule has 33 heavy (non-hydrogen) atoms. The molecule has 0 saturated carbocycles. The third-order valence-electron chi connectivity index (χ3n) is 5.75. The molecule has 3 N–H and O–H groups in total. The highest BCUT2D eigenvalue weighted by Gasteiger charge is 2.28. The molecule has 3 aromatic rings. The Bertz CT molecular complexity index is 1130. The van der Waals surface area contributed by atoms with Gasteiger partial charge in [0.15, 0.2) is 11.5 Å². The van der Waals surface area contributed by atoms with Gasteiger partial charge in [0, 0.05) is 29.1 Å². The van der Waals surface area contributed by atoms with E-state index in [1.807, 2.05) is 12.1 Å². The number of benzene rings is 1. The van der Waals surface area contributed by atoms with Crippen LogP contribution in [-0.4, -0.2) is 37.3 Å². The zero-order chi connectivity index (χ0) is 23.6. The van der Waals surface area contributed by atoms with Crippen molar-refractivity contribution in [1.82, 2.24) is 9.88 Å². The number of hydrogen-bond acceptors (Lipinski definition) is 5. The second kappa shape index (κ2) is 9.61. The molecule has 6 nitrogen and oxygen atoms in total. The number of aryl methyl sites for hydroxylation is 1. The minimum Gasteiger partial charge on any atom is -0.493 e. The topological polar surface area (TPSA) is 78.5 Å². The molecule has 1 aromatic carbocycles. The summed E-state index contributed by atoms with van der Waals surface area (Å²) < 4.78 is 13.8. The van der Waals surface area contributed by atoms with Crippen LogP contribution in [0.3, 0.4) is 0 Å². The van der Waals surface area contributed by atoms with E-state index in [9.17, 15) is 4.79 Å². The van der Waals surface area contributed by atoms with Crippen molar-refractivity contribution >= 4 is 17.2 Å². The maximum absolute atomic E-state index is 13.2. The van der Waals surface area contributed by atoms with Crippen LogP contribution in [0.1, 0.15) is 43.2 Å². The predicted octanol–water partition coefficient (Wildman–Crippen LogP) is 4.95. The molecule has 7 heteroatoms. The lowest BCUT2D eigenvalue weighted by molar-refractivity contribution is 0.0930. The summed E-state index contributed by atoms with van der Waals surface area (Å²) in [6.45, 7) is 8.82. The van der Waals surface area contributed by atoms with E-state index in [1.54, 1.807) is 18.4 Å². The molecule has 3 heterocycles. The summed E-state index contributed by atoms with van der Waals surface area (Å²) in [5.41, 5.74) is 10.8. The molecule has 0 fully saturated rings. The maximum Gasteiger partial charge on any atom is 0.267 e. The first-order valence-electron chi connectivity index (χ1n) is 11.4. The Labute approximate surface area is 199 Å². The summed E-state index contributed by atoms with van der Waals surface area (Å²) >= 11 is 1.68. The molecule has 0 unspecified atom stereocenters. The minimum atomic E-state index is -0.0367. The molecule has 0 atom stereocenters. The molecule has 1 amide bonds. The zero-order valence-electron chi connectivity index (χ0n) is 19.9. The molecular weight excluding hydrogens is 434 g/mol. The molecule has 1 aliphatic rings. The fraction of sp³-hybridized carbons (Fsp3) is 0.423. The number of ether oxygens (including phenoxy) is 2. The fourth-order valence-electron chi connectivity index (χ4n) is 4.11. The van der Waals surface area contributed by atoms with Crippen molar-refractivity contribution in [3.8, 4) is 33.2 Å². The van der Waals surface area contributed by atoms with Crippen LogP contribution in [0.25, 0.3) is 21.7 Å². The van der Waals surface area contributed by atoms with Gasteiger partial charge in [-0.3, -0.25) is 4.79 Å². The van der Waals surface area contributed by atoms with Gasteiger partial charge in [-0.2, -0.15) is 0 Å². The van der Waals surface area contributed by atoms with Crippen LogP contribution in [0.4, 0.5) is 0 Å². The van der Waals surface area contributed by atoms with Crippen molar-refractivity contribution in [2.45, 2.75) is 40.2 Å². The zero-order valence-corrected chi connectivity index (χ0v) is 20.7. The van der Waals surface area contributed by atoms with Gasteiger partial charge in [0.05, 0.1) is 19.4 Å². The largest absolute Gasteiger partial charge is 0.493 e. The molecule has 176 valence electrons. The summed E-state index contributed by atoms with van der Waals surface area (Å²) in [6.07, 6.45) is 1.59. The number of aromatic nitrogens is 1. The number of nitrogens with one attached hydrogen (secondary N) is 1. The van der Waals surface area contributed by atoms with E-state index in [4.69, 9.17) is 15.2 Å². The molecule has 2 aromatic heterocycles.